The van der Waals surface area contributed by atoms with Crippen LogP contribution in [0.5, 0.6) is 69.0 Å². The fraction of sp³-hybridized carbons (Fsp3) is 0.211. The van der Waals surface area contributed by atoms with Gasteiger partial charge in [0.15, 0.2) is 46.0 Å². The zero-order valence-corrected chi connectivity index (χ0v) is 116. The minimum absolute atomic E-state index is 0. The summed E-state index contributed by atoms with van der Waals surface area (Å²) in [6.45, 7) is -22.2. The van der Waals surface area contributed by atoms with Crippen LogP contribution in [-0.4, -0.2) is 151 Å². The Balaban J connectivity index is -0.00000683. The van der Waals surface area contributed by atoms with Crippen molar-refractivity contribution in [3.63, 3.8) is 0 Å². The topological polar surface area (TPSA) is 592 Å². The van der Waals surface area contributed by atoms with Crippen molar-refractivity contribution in [3.05, 3.63) is 205 Å². The Labute approximate surface area is 1290 Å². The first-order valence-electron chi connectivity index (χ1n) is 33.3. The van der Waals surface area contributed by atoms with Gasteiger partial charge in [0.1, 0.15) is 103 Å². The van der Waals surface area contributed by atoms with E-state index in [4.69, 9.17) is 56.8 Å². The molecule has 0 fully saturated rings. The largest absolute Gasteiger partial charge is 1.00 e. The number of carboxylic acids is 12. The molecule has 1 aliphatic carbocycles. The first-order valence-corrected chi connectivity index (χ1v) is 36.5. The molecule has 1 aliphatic rings. The minimum Gasteiger partial charge on any atom is -0.546 e. The Morgan fingerprint density at radius 2 is 0.280 bits per heavy atom. The van der Waals surface area contributed by atoms with Crippen LogP contribution >= 0.6 is 63.7 Å². The van der Waals surface area contributed by atoms with E-state index in [-0.39, 0.29) is 617 Å². The van der Waals surface area contributed by atoms with E-state index in [0.717, 1.165) is 48.5 Å². The van der Waals surface area contributed by atoms with Crippen molar-refractivity contribution in [1.29, 1.82) is 0 Å². The maximum atomic E-state index is 16.1. The Morgan fingerprint density at radius 1 is 0.189 bits per heavy atom. The molecular formula is C76H44Br4F4K12O36. The molecule has 0 atom stereocenters. The van der Waals surface area contributed by atoms with Crippen molar-refractivity contribution >= 4 is 135 Å². The summed E-state index contributed by atoms with van der Waals surface area (Å²) in [4.78, 5) is 158. The molecule has 0 spiro atoms. The molecule has 0 aromatic heterocycles. The van der Waals surface area contributed by atoms with Crippen molar-refractivity contribution in [1.82, 2.24) is 0 Å². The number of ether oxygens (including phenoxy) is 12. The van der Waals surface area contributed by atoms with Crippen molar-refractivity contribution in [2.24, 2.45) is 0 Å². The number of carboxylic acid groups (broad SMARTS) is 12. The Bertz CT molecular complexity index is 4610. The quantitative estimate of drug-likeness (QED) is 0.0254. The van der Waals surface area contributed by atoms with Crippen LogP contribution in [0.4, 0.5) is 17.6 Å². The van der Waals surface area contributed by atoms with Gasteiger partial charge in [-0.05, 0) is 135 Å². The summed E-state index contributed by atoms with van der Waals surface area (Å²) in [5, 5.41) is 158. The number of rotatable bonds is 40. The second-order valence-corrected chi connectivity index (χ2v) is 27.6. The summed E-state index contributed by atoms with van der Waals surface area (Å²) in [6.07, 6.45) is 0. The fourth-order valence-electron chi connectivity index (χ4n) is 12.6. The number of halogens is 8. The normalized spacial score (nSPS) is 12.6. The maximum absolute atomic E-state index is 16.1. The predicted molar refractivity (Wildman–Crippen MR) is 372 cm³/mol. The molecule has 8 aromatic carbocycles. The van der Waals surface area contributed by atoms with E-state index in [9.17, 15) is 119 Å². The number of hydrogen-bond acceptors (Lipinski definition) is 36. The molecular weight excluding hydrogens is 2350 g/mol. The summed E-state index contributed by atoms with van der Waals surface area (Å²) >= 11 is 14.0. The van der Waals surface area contributed by atoms with Crippen LogP contribution in [-0.2, 0) is 57.5 Å². The molecule has 0 saturated carbocycles. The summed E-state index contributed by atoms with van der Waals surface area (Å²) in [6, 6.07) is 11.7. The second kappa shape index (κ2) is 70.4. The number of fused-ring (bicyclic) bond motifs is 8. The van der Waals surface area contributed by atoms with Gasteiger partial charge in [0.2, 0.25) is 23.0 Å². The van der Waals surface area contributed by atoms with E-state index in [1.165, 1.54) is 0 Å². The Kier molecular flexibility index (Phi) is 77.1. The van der Waals surface area contributed by atoms with E-state index in [0.29, 0.717) is 48.5 Å². The molecule has 56 heteroatoms. The number of benzene rings is 8. The average molecular weight is 2400 g/mol. The van der Waals surface area contributed by atoms with Crippen molar-refractivity contribution in [2.45, 2.75) is 23.7 Å². The standard InChI is InChI=1S/C76H56Br4F4O36.12K/c77-61-53-49(29-1-9-33(81)10-2-29)54-62(78)56(68(112-20-40(91)92)74(118-26-46(103)104)66(54)110-18-38(87)88)51(31-5-13-35(83)14-6-31)58-64(80)60(72(116-24-44(99)100)76(120-28-48(107)108)70(58)114-22-42(95)96)52(32-7-15-36(84)16-8-32)59-63(79)57(69(113-21-41(93)94)75(119-27-47(105)106)71(59)115-23-43(97)98)50(30-3-11-34(82)12-4-30)55(61)67(111-19-39(89)90)73(117-25-45(101)102)65(53)109-17-37(85)86;;;;;;;;;;;;/h1-16,49-52H,17-28H2,(H,85,86)(H,87,88)(H,89,90)(H,91,92)(H,93,94)(H,95,96)(H,97,98)(H,99,100)(H,101,102)(H,103,104)(H,105,106)(H,107,108);;;;;;;;;;;;/q;12*+1/p-12. The van der Waals surface area contributed by atoms with Gasteiger partial charge in [0.05, 0.1) is 71.6 Å². The van der Waals surface area contributed by atoms with Crippen LogP contribution in [0.15, 0.2) is 115 Å². The molecule has 9 rings (SSSR count). The van der Waals surface area contributed by atoms with Gasteiger partial charge in [-0.15, -0.1) is 0 Å². The molecule has 132 heavy (non-hydrogen) atoms. The fourth-order valence-corrected chi connectivity index (χ4v) is 15.9. The Hall–Kier alpha value is 6.28. The van der Waals surface area contributed by atoms with Gasteiger partial charge >= 0.3 is 617 Å². The third kappa shape index (κ3) is 39.8. The van der Waals surface area contributed by atoms with Crippen LogP contribution in [0.1, 0.15) is 90.4 Å². The number of aliphatic carboxylic acids is 12. The van der Waals surface area contributed by atoms with Crippen molar-refractivity contribution in [3.8, 4) is 69.0 Å². The van der Waals surface area contributed by atoms with Crippen LogP contribution in [0.3, 0.4) is 0 Å². The van der Waals surface area contributed by atoms with Crippen molar-refractivity contribution < 1.29 is 810 Å². The van der Waals surface area contributed by atoms with E-state index in [1.807, 2.05) is 0 Å². The summed E-state index contributed by atoms with van der Waals surface area (Å²) < 4.78 is 133. The van der Waals surface area contributed by atoms with Gasteiger partial charge in [0.25, 0.3) is 0 Å². The van der Waals surface area contributed by atoms with Crippen LogP contribution < -0.4 is 735 Å². The van der Waals surface area contributed by atoms with Gasteiger partial charge in [-0.3, -0.25) is 0 Å². The monoisotopic (exact) mass is 2390 g/mol. The molecule has 632 valence electrons. The smallest absolute Gasteiger partial charge is 0.546 e. The molecule has 0 aliphatic heterocycles. The SMILES string of the molecule is O=C([O-])COc1c(OCC(=O)[O-])c2c(Br)c(c1OCC(=O)[O-])C(c1ccc(F)cc1)c1c(Br)c(c(OCC(=O)[O-])c(OCC(=O)[O-])c1OCC(=O)[O-])C(c1ccc(F)cc1)c1c(Br)c(c(OCC(=O)[O-])c(OCC(=O)[O-])c1OCC(=O)[O-])C(c1ccc(F)cc1)c1c(Br)c(c(OCC(=O)[O-])c(OCC(=O)[O-])c1OCC(=O)[O-])C2c1ccc(F)cc1.[K+].[K+].[K+].[K+].[K+].[K+].[K+].[K+].[K+].[K+].[K+].[K+]. The van der Waals surface area contributed by atoms with E-state index in [1.54, 1.807) is 0 Å². The molecule has 8 aromatic rings. The number of carbonyl (C=O) groups is 12. The molecule has 8 bridgehead atoms. The van der Waals surface area contributed by atoms with E-state index < -0.39 is 352 Å². The van der Waals surface area contributed by atoms with Gasteiger partial charge in [-0.25, -0.2) is 17.6 Å². The summed E-state index contributed by atoms with van der Waals surface area (Å²) in [5.74, 6) is -58.9. The molecule has 0 saturated heterocycles. The van der Waals surface area contributed by atoms with E-state index >= 15 is 17.6 Å². The first-order chi connectivity index (χ1) is 56.8. The zero-order valence-electron chi connectivity index (χ0n) is 71.8. The first kappa shape index (κ1) is 145. The summed E-state index contributed by atoms with van der Waals surface area (Å²) in [5.41, 5.74) is -10.8. The molecule has 0 N–H and O–H groups in total. The molecule has 36 nitrogen and oxygen atoms in total. The zero-order chi connectivity index (χ0) is 88.0. The third-order valence-corrected chi connectivity index (χ3v) is 20.1. The number of hydrogen-bond donors (Lipinski definition) is 0. The third-order valence-electron chi connectivity index (χ3n) is 16.6. The molecule has 0 radical (unpaired) electrons. The van der Waals surface area contributed by atoms with Gasteiger partial charge in [-0.2, -0.15) is 0 Å². The molecule has 0 unspecified atom stereocenters. The van der Waals surface area contributed by atoms with Gasteiger partial charge < -0.3 is 176 Å². The van der Waals surface area contributed by atoms with Crippen LogP contribution in [0.2, 0.25) is 0 Å². The van der Waals surface area contributed by atoms with Gasteiger partial charge in [-0.1, -0.05) is 48.5 Å². The minimum atomic E-state index is -2.62. The summed E-state index contributed by atoms with van der Waals surface area (Å²) in [7, 11) is 0. The average Bonchev–Trinajstić information content (AvgIpc) is 0.700. The van der Waals surface area contributed by atoms with E-state index in [2.05, 4.69) is 63.7 Å². The van der Waals surface area contributed by atoms with Gasteiger partial charge in [0, 0.05) is 86.1 Å². The van der Waals surface area contributed by atoms with Crippen LogP contribution in [0, 0.1) is 23.3 Å². The van der Waals surface area contributed by atoms with Crippen molar-refractivity contribution in [2.75, 3.05) is 79.3 Å². The van der Waals surface area contributed by atoms with Crippen LogP contribution in [0.25, 0.3) is 0 Å². The number of carbonyl (C=O) groups excluding carboxylic acids is 12. The second-order valence-electron chi connectivity index (χ2n) is 24.4. The predicted octanol–water partition coefficient (Wildman–Crippen LogP) is -42.1. The molecule has 0 amide bonds. The Morgan fingerprint density at radius 3 is 0.371 bits per heavy atom. The maximum Gasteiger partial charge on any atom is 1.00 e. The molecule has 0 heterocycles.